The van der Waals surface area contributed by atoms with Crippen molar-refractivity contribution >= 4 is 39.0 Å². The number of rotatable bonds is 4. The van der Waals surface area contributed by atoms with E-state index in [2.05, 4.69) is 37.3 Å². The molecule has 162 valence electrons. The second-order valence-electron chi connectivity index (χ2n) is 9.43. The summed E-state index contributed by atoms with van der Waals surface area (Å²) in [5.41, 5.74) is 2.61. The van der Waals surface area contributed by atoms with E-state index in [1.165, 1.54) is 51.6 Å². The van der Waals surface area contributed by atoms with Crippen molar-refractivity contribution in [3.63, 3.8) is 0 Å². The molecule has 1 N–H and O–H groups in total. The Balaban J connectivity index is 1.23. The molecule has 1 aromatic carbocycles. The molecule has 1 unspecified atom stereocenters. The number of benzene rings is 1. The number of aromatic nitrogens is 3. The van der Waals surface area contributed by atoms with E-state index in [0.717, 1.165) is 45.1 Å². The minimum Gasteiger partial charge on any atom is -0.367 e. The van der Waals surface area contributed by atoms with E-state index >= 15 is 0 Å². The van der Waals surface area contributed by atoms with Gasteiger partial charge in [-0.15, -0.1) is 0 Å². The lowest BCUT2D eigenvalue weighted by Crippen LogP contribution is -2.46. The molecular formula is C24H27BrClN5. The van der Waals surface area contributed by atoms with Crippen molar-refractivity contribution in [3.05, 3.63) is 46.0 Å². The smallest absolute Gasteiger partial charge is 0.172 e. The molecule has 2 aliphatic carbocycles. The van der Waals surface area contributed by atoms with Crippen molar-refractivity contribution < 1.29 is 0 Å². The van der Waals surface area contributed by atoms with Crippen LogP contribution in [0.5, 0.6) is 0 Å². The molecular weight excluding hydrogens is 474 g/mol. The highest BCUT2D eigenvalue weighted by molar-refractivity contribution is 9.10. The van der Waals surface area contributed by atoms with E-state index in [4.69, 9.17) is 16.6 Å². The molecule has 1 aliphatic heterocycles. The van der Waals surface area contributed by atoms with Gasteiger partial charge in [0.2, 0.25) is 0 Å². The van der Waals surface area contributed by atoms with Gasteiger partial charge in [-0.05, 0) is 65.9 Å². The molecule has 3 aromatic rings. The van der Waals surface area contributed by atoms with Crippen LogP contribution in [0.1, 0.15) is 38.5 Å². The fourth-order valence-corrected chi connectivity index (χ4v) is 6.67. The zero-order valence-corrected chi connectivity index (χ0v) is 19.8. The van der Waals surface area contributed by atoms with E-state index in [1.807, 2.05) is 35.0 Å². The molecule has 0 radical (unpaired) electrons. The van der Waals surface area contributed by atoms with Crippen LogP contribution in [0.2, 0.25) is 5.02 Å². The molecule has 1 saturated heterocycles. The summed E-state index contributed by atoms with van der Waals surface area (Å²) < 4.78 is 2.78. The van der Waals surface area contributed by atoms with Crippen LogP contribution in [0, 0.1) is 11.8 Å². The number of halogens is 2. The topological polar surface area (TPSA) is 45.5 Å². The predicted octanol–water partition coefficient (Wildman–Crippen LogP) is 5.88. The summed E-state index contributed by atoms with van der Waals surface area (Å²) in [7, 11) is 0. The first-order valence-corrected chi connectivity index (χ1v) is 12.6. The molecule has 3 aliphatic rings. The van der Waals surface area contributed by atoms with Gasteiger partial charge in [0.05, 0.1) is 16.4 Å². The molecule has 6 rings (SSSR count). The summed E-state index contributed by atoms with van der Waals surface area (Å²) in [6, 6.07) is 11.2. The number of hydrogen-bond acceptors (Lipinski definition) is 4. The number of fused-ring (bicyclic) bond motifs is 3. The highest BCUT2D eigenvalue weighted by atomic mass is 79.9. The summed E-state index contributed by atoms with van der Waals surface area (Å²) in [4.78, 5) is 7.61. The number of hydrogen-bond donors (Lipinski definition) is 1. The minimum atomic E-state index is 0.447. The lowest BCUT2D eigenvalue weighted by Gasteiger charge is -2.40. The summed E-state index contributed by atoms with van der Waals surface area (Å²) in [6.45, 7) is 2.39. The number of anilines is 1. The van der Waals surface area contributed by atoms with Crippen molar-refractivity contribution in [1.29, 1.82) is 0 Å². The molecule has 2 aromatic heterocycles. The molecule has 0 amide bonds. The van der Waals surface area contributed by atoms with Gasteiger partial charge in [0, 0.05) is 41.8 Å². The van der Waals surface area contributed by atoms with E-state index < -0.39 is 0 Å². The van der Waals surface area contributed by atoms with Crippen molar-refractivity contribution in [2.45, 2.75) is 50.6 Å². The van der Waals surface area contributed by atoms with Crippen molar-refractivity contribution in [2.75, 3.05) is 18.4 Å². The maximum absolute atomic E-state index is 6.47. The highest BCUT2D eigenvalue weighted by Crippen LogP contribution is 2.47. The zero-order chi connectivity index (χ0) is 20.9. The maximum Gasteiger partial charge on any atom is 0.172 e. The average molecular weight is 501 g/mol. The summed E-state index contributed by atoms with van der Waals surface area (Å²) in [6.07, 6.45) is 10.0. The van der Waals surface area contributed by atoms with Gasteiger partial charge < -0.3 is 5.32 Å². The lowest BCUT2D eigenvalue weighted by molar-refractivity contribution is 0.114. The summed E-state index contributed by atoms with van der Waals surface area (Å²) in [5, 5.41) is 9.04. The molecule has 3 fully saturated rings. The largest absolute Gasteiger partial charge is 0.367 e. The summed E-state index contributed by atoms with van der Waals surface area (Å²) >= 11 is 10.1. The quantitative estimate of drug-likeness (QED) is 0.486. The fourth-order valence-electron chi connectivity index (χ4n) is 6.09. The van der Waals surface area contributed by atoms with Crippen molar-refractivity contribution in [1.82, 2.24) is 19.5 Å². The molecule has 31 heavy (non-hydrogen) atoms. The SMILES string of the molecule is Clc1ccccc1-c1cc(NC2CCN(C3C[C@@H]4CC[C@H]3C4)CC2)n2ncc(Br)c2n1. The Labute approximate surface area is 196 Å². The Bertz CT molecular complexity index is 1110. The van der Waals surface area contributed by atoms with Crippen molar-refractivity contribution in [3.8, 4) is 11.3 Å². The minimum absolute atomic E-state index is 0.447. The van der Waals surface area contributed by atoms with Crippen LogP contribution in [0.3, 0.4) is 0 Å². The van der Waals surface area contributed by atoms with Gasteiger partial charge in [0.1, 0.15) is 5.82 Å². The third kappa shape index (κ3) is 3.66. The first-order chi connectivity index (χ1) is 15.2. The molecule has 0 spiro atoms. The average Bonchev–Trinajstić information content (AvgIpc) is 3.51. The second-order valence-corrected chi connectivity index (χ2v) is 10.7. The van der Waals surface area contributed by atoms with E-state index in [9.17, 15) is 0 Å². The molecule has 5 nitrogen and oxygen atoms in total. The van der Waals surface area contributed by atoms with E-state index in [0.29, 0.717) is 11.1 Å². The van der Waals surface area contributed by atoms with Gasteiger partial charge in [-0.25, -0.2) is 4.98 Å². The second kappa shape index (κ2) is 8.05. The first kappa shape index (κ1) is 20.0. The molecule has 3 atom stereocenters. The van der Waals surface area contributed by atoms with Gasteiger partial charge in [0.25, 0.3) is 0 Å². The molecule has 2 saturated carbocycles. The zero-order valence-electron chi connectivity index (χ0n) is 17.5. The van der Waals surface area contributed by atoms with Crippen LogP contribution < -0.4 is 5.32 Å². The third-order valence-corrected chi connectivity index (χ3v) is 8.52. The van der Waals surface area contributed by atoms with Gasteiger partial charge in [-0.2, -0.15) is 9.61 Å². The van der Waals surface area contributed by atoms with Crippen LogP contribution in [0.25, 0.3) is 16.9 Å². The Morgan fingerprint density at radius 3 is 2.65 bits per heavy atom. The van der Waals surface area contributed by atoms with Crippen LogP contribution in [-0.4, -0.2) is 44.7 Å². The van der Waals surface area contributed by atoms with E-state index in [1.54, 1.807) is 0 Å². The Morgan fingerprint density at radius 2 is 1.90 bits per heavy atom. The Hall–Kier alpha value is -1.63. The lowest BCUT2D eigenvalue weighted by atomic mass is 9.92. The number of piperidine rings is 1. The van der Waals surface area contributed by atoms with Crippen LogP contribution in [-0.2, 0) is 0 Å². The van der Waals surface area contributed by atoms with Gasteiger partial charge in [0.15, 0.2) is 5.65 Å². The predicted molar refractivity (Wildman–Crippen MR) is 129 cm³/mol. The van der Waals surface area contributed by atoms with Gasteiger partial charge >= 0.3 is 0 Å². The van der Waals surface area contributed by atoms with Crippen LogP contribution >= 0.6 is 27.5 Å². The first-order valence-electron chi connectivity index (χ1n) is 11.5. The van der Waals surface area contributed by atoms with Crippen molar-refractivity contribution in [2.24, 2.45) is 11.8 Å². The number of nitrogens with one attached hydrogen (secondary N) is 1. The fraction of sp³-hybridized carbons (Fsp3) is 0.500. The van der Waals surface area contributed by atoms with Crippen LogP contribution in [0.4, 0.5) is 5.82 Å². The van der Waals surface area contributed by atoms with Crippen LogP contribution in [0.15, 0.2) is 41.0 Å². The molecule has 7 heteroatoms. The normalized spacial score (nSPS) is 26.7. The number of nitrogens with zero attached hydrogens (tertiary/aromatic N) is 4. The van der Waals surface area contributed by atoms with Gasteiger partial charge in [-0.1, -0.05) is 36.2 Å². The molecule has 3 heterocycles. The number of likely N-dealkylation sites (tertiary alicyclic amines) is 1. The maximum atomic E-state index is 6.47. The van der Waals surface area contributed by atoms with Gasteiger partial charge in [-0.3, -0.25) is 4.90 Å². The Kier molecular flexibility index (Phi) is 5.20. The van der Waals surface area contributed by atoms with E-state index in [-0.39, 0.29) is 0 Å². The standard InChI is InChI=1S/C24H27BrClN5/c25-19-14-27-31-23(13-21(29-24(19)31)18-3-1-2-4-20(18)26)28-17-7-9-30(10-8-17)22-12-15-5-6-16(22)11-15/h1-4,13-17,22,28H,5-12H2/t15-,16+,22?/m1/s1. The summed E-state index contributed by atoms with van der Waals surface area (Å²) in [5.74, 6) is 2.95. The monoisotopic (exact) mass is 499 g/mol. The Morgan fingerprint density at radius 1 is 1.06 bits per heavy atom. The highest BCUT2D eigenvalue weighted by Gasteiger charge is 2.42. The molecule has 2 bridgehead atoms. The third-order valence-electron chi connectivity index (χ3n) is 7.63.